The topological polar surface area (TPSA) is 0 Å². The van der Waals surface area contributed by atoms with Crippen molar-refractivity contribution in [2.45, 2.75) is 249 Å². The second-order valence-electron chi connectivity index (χ2n) is 34.3. The summed E-state index contributed by atoms with van der Waals surface area (Å²) in [5.74, 6) is 0. The molecule has 0 saturated carbocycles. The van der Waals surface area contributed by atoms with Gasteiger partial charge in [0.1, 0.15) is 0 Å². The van der Waals surface area contributed by atoms with Gasteiger partial charge in [-0.15, -0.1) is 0 Å². The first-order valence-electron chi connectivity index (χ1n) is 40.5. The smallest absolute Gasteiger partial charge is 0 e. The third kappa shape index (κ3) is 20.5. The van der Waals surface area contributed by atoms with Crippen LogP contribution in [-0.4, -0.2) is 0 Å². The third-order valence-electron chi connectivity index (χ3n) is 22.3. The minimum atomic E-state index is -0.608. The Balaban J connectivity index is 0.000000188. The van der Waals surface area contributed by atoms with E-state index in [-0.39, 0.29) is 20.4 Å². The zero-order valence-electron chi connectivity index (χ0n) is 76.0. The second kappa shape index (κ2) is 38.0. The van der Waals surface area contributed by atoms with Crippen LogP contribution in [0.4, 0.5) is 0 Å². The van der Waals surface area contributed by atoms with Crippen LogP contribution in [0.1, 0.15) is 200 Å². The summed E-state index contributed by atoms with van der Waals surface area (Å²) >= 11 is 0. The minimum Gasteiger partial charge on any atom is -0.0557 e. The van der Waals surface area contributed by atoms with Crippen molar-refractivity contribution in [1.29, 1.82) is 0 Å². The van der Waals surface area contributed by atoms with Crippen molar-refractivity contribution in [2.24, 2.45) is 0 Å². The molecular formula is C108H132P4Pd. The predicted octanol–water partition coefficient (Wildman–Crippen LogP) is 24.9. The molecule has 0 aromatic heterocycles. The quantitative estimate of drug-likeness (QED) is 0.0845. The summed E-state index contributed by atoms with van der Waals surface area (Å²) in [5, 5.41) is 18.4. The van der Waals surface area contributed by atoms with Crippen molar-refractivity contribution in [3.8, 4) is 0 Å². The van der Waals surface area contributed by atoms with Crippen molar-refractivity contribution in [3.63, 3.8) is 0 Å². The van der Waals surface area contributed by atoms with Gasteiger partial charge in [-0.25, -0.2) is 0 Å². The van der Waals surface area contributed by atoms with E-state index in [4.69, 9.17) is 0 Å². The number of rotatable bonds is 12. The zero-order valence-corrected chi connectivity index (χ0v) is 81.1. The summed E-state index contributed by atoms with van der Waals surface area (Å²) < 4.78 is 0. The molecule has 0 aliphatic rings. The minimum absolute atomic E-state index is 0. The van der Waals surface area contributed by atoms with Gasteiger partial charge in [-0.2, -0.15) is 0 Å². The Labute approximate surface area is 705 Å². The first-order chi connectivity index (χ1) is 52.4. The third-order valence-corrected chi connectivity index (χ3v) is 36.1. The van der Waals surface area contributed by atoms with Gasteiger partial charge in [-0.3, -0.25) is 0 Å². The van der Waals surface area contributed by atoms with Crippen LogP contribution in [0.3, 0.4) is 0 Å². The van der Waals surface area contributed by atoms with Gasteiger partial charge in [0.25, 0.3) is 0 Å². The molecule has 0 fully saturated rings. The number of aryl methyl sites for hydroxylation is 36. The molecule has 0 nitrogen and oxygen atoms in total. The van der Waals surface area contributed by atoms with Crippen LogP contribution in [0.2, 0.25) is 0 Å². The van der Waals surface area contributed by atoms with Crippen molar-refractivity contribution >= 4 is 95.3 Å². The summed E-state index contributed by atoms with van der Waals surface area (Å²) in [6.07, 6.45) is 0. The van der Waals surface area contributed by atoms with Crippen LogP contribution in [0.25, 0.3) is 0 Å². The molecule has 5 heteroatoms. The Bertz CT molecular complexity index is 4100. The molecular weight excluding hydrogens is 1530 g/mol. The molecule has 12 aromatic rings. The molecule has 0 unspecified atom stereocenters. The molecule has 0 aliphatic heterocycles. The molecule has 0 bridgehead atoms. The first-order valence-corrected chi connectivity index (χ1v) is 45.9. The van der Waals surface area contributed by atoms with Gasteiger partial charge >= 0.3 is 0 Å². The van der Waals surface area contributed by atoms with Gasteiger partial charge in [0.05, 0.1) is 0 Å². The van der Waals surface area contributed by atoms with Crippen LogP contribution in [0.15, 0.2) is 146 Å². The van der Waals surface area contributed by atoms with Crippen LogP contribution in [-0.2, 0) is 20.4 Å². The van der Waals surface area contributed by atoms with Gasteiger partial charge < -0.3 is 0 Å². The maximum Gasteiger partial charge on any atom is 0 e. The van der Waals surface area contributed by atoms with E-state index in [9.17, 15) is 0 Å². The van der Waals surface area contributed by atoms with E-state index < -0.39 is 31.7 Å². The fraction of sp³-hybridized carbons (Fsp3) is 0.333. The fourth-order valence-electron chi connectivity index (χ4n) is 19.6. The molecule has 0 amide bonds. The van der Waals surface area contributed by atoms with Crippen molar-refractivity contribution in [2.75, 3.05) is 0 Å². The second-order valence-corrected chi connectivity index (χ2v) is 42.4. The maximum absolute atomic E-state index is 2.36. The summed E-state index contributed by atoms with van der Waals surface area (Å²) in [6.45, 7) is 81.5. The monoisotopic (exact) mass is 1660 g/mol. The molecule has 12 aromatic carbocycles. The molecule has 0 atom stereocenters. The first kappa shape index (κ1) is 91.5. The summed E-state index contributed by atoms with van der Waals surface area (Å²) in [5.41, 5.74) is 50.3. The molecule has 0 N–H and O–H groups in total. The fourth-order valence-corrected chi connectivity index (χ4v) is 32.3. The van der Waals surface area contributed by atoms with Gasteiger partial charge in [0.2, 0.25) is 0 Å². The molecule has 594 valence electrons. The molecule has 0 saturated heterocycles. The summed E-state index contributed by atoms with van der Waals surface area (Å²) in [6, 6.07) is 56.6. The largest absolute Gasteiger partial charge is 0.0557 e. The van der Waals surface area contributed by atoms with Crippen molar-refractivity contribution in [1.82, 2.24) is 0 Å². The van der Waals surface area contributed by atoms with Gasteiger partial charge in [0.15, 0.2) is 0 Å². The number of hydrogen-bond acceptors (Lipinski definition) is 0. The predicted molar refractivity (Wildman–Crippen MR) is 511 cm³/mol. The van der Waals surface area contributed by atoms with Crippen LogP contribution >= 0.6 is 31.7 Å². The normalized spacial score (nSPS) is 11.3. The molecule has 0 heterocycles. The molecule has 12 rings (SSSR count). The van der Waals surface area contributed by atoms with Crippen molar-refractivity contribution < 1.29 is 20.4 Å². The van der Waals surface area contributed by atoms with Gasteiger partial charge in [0, 0.05) is 20.4 Å². The van der Waals surface area contributed by atoms with Gasteiger partial charge in [-0.05, 0) is 478 Å². The van der Waals surface area contributed by atoms with Crippen LogP contribution in [0.5, 0.6) is 0 Å². The Hall–Kier alpha value is -6.98. The Kier molecular flexibility index (Phi) is 30.8. The van der Waals surface area contributed by atoms with E-state index >= 15 is 0 Å². The number of benzene rings is 12. The molecule has 0 spiro atoms. The Morgan fingerprint density at radius 3 is 0.186 bits per heavy atom. The average Bonchev–Trinajstić information content (AvgIpc) is 0.772. The Morgan fingerprint density at radius 1 is 0.0973 bits per heavy atom. The molecule has 0 radical (unpaired) electrons. The Morgan fingerprint density at radius 2 is 0.142 bits per heavy atom. The number of hydrogen-bond donors (Lipinski definition) is 0. The maximum atomic E-state index is 2.36. The molecule has 0 aliphatic carbocycles. The van der Waals surface area contributed by atoms with E-state index in [1.54, 1.807) is 0 Å². The van der Waals surface area contributed by atoms with E-state index in [1.165, 1.54) is 264 Å². The van der Waals surface area contributed by atoms with E-state index in [1.807, 2.05) is 0 Å². The molecule has 113 heavy (non-hydrogen) atoms. The summed E-state index contributed by atoms with van der Waals surface area (Å²) in [7, 11) is -2.43. The van der Waals surface area contributed by atoms with Crippen LogP contribution < -0.4 is 63.7 Å². The summed E-state index contributed by atoms with van der Waals surface area (Å²) in [4.78, 5) is 0. The zero-order chi connectivity index (χ0) is 83.0. The van der Waals surface area contributed by atoms with E-state index in [0.717, 1.165) is 0 Å². The standard InChI is InChI=1S/4C27H33P.Pd/c4*1-16-10-19(4)25(20(5)11-16)28(26-21(6)12-17(2)13-22(26)7)27-23(8)14-18(3)15-24(27)9;/h4*10-15H,1-9H3;. The van der Waals surface area contributed by atoms with E-state index in [2.05, 4.69) is 395 Å². The SMILES string of the molecule is Cc1cc(C)c(P(c2c(C)cc(C)cc2C)c2c(C)cc(C)cc2C)c(C)c1.Cc1cc(C)c(P(c2c(C)cc(C)cc2C)c2c(C)cc(C)cc2C)c(C)c1.Cc1cc(C)c(P(c2c(C)cc(C)cc2C)c2c(C)cc(C)cc2C)c(C)c1.Cc1cc(C)c(P(c2c(C)cc(C)cc2C)c2c(C)cc(C)cc2C)c(C)c1.[Pd]. The van der Waals surface area contributed by atoms with Crippen LogP contribution in [0, 0.1) is 249 Å². The van der Waals surface area contributed by atoms with Gasteiger partial charge in [-0.1, -0.05) is 212 Å². The van der Waals surface area contributed by atoms with E-state index in [0.29, 0.717) is 0 Å². The average molecular weight is 1660 g/mol. The van der Waals surface area contributed by atoms with Crippen molar-refractivity contribution in [3.05, 3.63) is 346 Å².